The quantitative estimate of drug-likeness (QED) is 0.892. The van der Waals surface area contributed by atoms with Gasteiger partial charge in [0.1, 0.15) is 5.82 Å². The van der Waals surface area contributed by atoms with Gasteiger partial charge in [-0.1, -0.05) is 28.1 Å². The van der Waals surface area contributed by atoms with E-state index in [0.29, 0.717) is 12.0 Å². The van der Waals surface area contributed by atoms with Crippen LogP contribution in [0, 0.1) is 5.82 Å². The summed E-state index contributed by atoms with van der Waals surface area (Å²) in [4.78, 5) is 11.4. The fourth-order valence-corrected chi connectivity index (χ4v) is 3.05. The van der Waals surface area contributed by atoms with Crippen LogP contribution >= 0.6 is 15.9 Å². The molecule has 3 rings (SSSR count). The van der Waals surface area contributed by atoms with Crippen LogP contribution in [-0.4, -0.2) is 13.0 Å². The van der Waals surface area contributed by atoms with Crippen molar-refractivity contribution in [3.8, 4) is 0 Å². The Kier molecular flexibility index (Phi) is 3.78. The molecule has 2 N–H and O–H groups in total. The SMILES string of the molecule is CNC(c1ccc2c(c1)CC(=O)N2)c1cc(Br)ccc1F. The lowest BCUT2D eigenvalue weighted by atomic mass is 9.96. The first-order valence-corrected chi connectivity index (χ1v) is 7.42. The highest BCUT2D eigenvalue weighted by molar-refractivity contribution is 9.10. The molecule has 1 aliphatic rings. The number of amides is 1. The molecule has 1 unspecified atom stereocenters. The zero-order valence-corrected chi connectivity index (χ0v) is 13.0. The molecule has 1 aliphatic heterocycles. The van der Waals surface area contributed by atoms with Gasteiger partial charge in [-0.2, -0.15) is 0 Å². The fraction of sp³-hybridized carbons (Fsp3) is 0.188. The van der Waals surface area contributed by atoms with Gasteiger partial charge in [0.15, 0.2) is 0 Å². The number of nitrogens with one attached hydrogen (secondary N) is 2. The molecule has 1 heterocycles. The molecule has 0 aliphatic carbocycles. The van der Waals surface area contributed by atoms with Crippen LogP contribution in [0.5, 0.6) is 0 Å². The van der Waals surface area contributed by atoms with Crippen molar-refractivity contribution in [1.29, 1.82) is 0 Å². The molecular formula is C16H14BrFN2O. The summed E-state index contributed by atoms with van der Waals surface area (Å²) in [5, 5.41) is 5.94. The van der Waals surface area contributed by atoms with Gasteiger partial charge < -0.3 is 10.6 Å². The van der Waals surface area contributed by atoms with Crippen molar-refractivity contribution in [1.82, 2.24) is 5.32 Å². The lowest BCUT2D eigenvalue weighted by Gasteiger charge is -2.19. The standard InChI is InChI=1S/C16H14BrFN2O/c1-19-16(12-8-11(17)3-4-13(12)18)9-2-5-14-10(6-9)7-15(21)20-14/h2-6,8,16,19H,7H2,1H3,(H,20,21). The zero-order valence-electron chi connectivity index (χ0n) is 11.4. The minimum absolute atomic E-state index is 0.00297. The third-order valence-electron chi connectivity index (χ3n) is 3.65. The van der Waals surface area contributed by atoms with Crippen LogP contribution in [0.4, 0.5) is 10.1 Å². The van der Waals surface area contributed by atoms with Crippen molar-refractivity contribution in [3.63, 3.8) is 0 Å². The Hall–Kier alpha value is -1.72. The fourth-order valence-electron chi connectivity index (χ4n) is 2.67. The van der Waals surface area contributed by atoms with Crippen molar-refractivity contribution < 1.29 is 9.18 Å². The topological polar surface area (TPSA) is 41.1 Å². The van der Waals surface area contributed by atoms with Gasteiger partial charge in [0, 0.05) is 15.7 Å². The van der Waals surface area contributed by atoms with Gasteiger partial charge in [-0.25, -0.2) is 4.39 Å². The first kappa shape index (κ1) is 14.2. The van der Waals surface area contributed by atoms with E-state index in [-0.39, 0.29) is 17.8 Å². The molecule has 0 bridgehead atoms. The van der Waals surface area contributed by atoms with E-state index in [9.17, 15) is 9.18 Å². The summed E-state index contributed by atoms with van der Waals surface area (Å²) in [5.74, 6) is -0.260. The average molecular weight is 349 g/mol. The molecule has 108 valence electrons. The van der Waals surface area contributed by atoms with Gasteiger partial charge in [-0.3, -0.25) is 4.79 Å². The largest absolute Gasteiger partial charge is 0.326 e. The third-order valence-corrected chi connectivity index (χ3v) is 4.14. The second kappa shape index (κ2) is 5.58. The maximum absolute atomic E-state index is 14.1. The average Bonchev–Trinajstić information content (AvgIpc) is 2.83. The minimum Gasteiger partial charge on any atom is -0.326 e. The van der Waals surface area contributed by atoms with Gasteiger partial charge in [-0.15, -0.1) is 0 Å². The maximum atomic E-state index is 14.1. The van der Waals surface area contributed by atoms with E-state index in [0.717, 1.165) is 21.3 Å². The molecule has 21 heavy (non-hydrogen) atoms. The zero-order chi connectivity index (χ0) is 15.0. The number of halogens is 2. The Morgan fingerprint density at radius 2 is 2.10 bits per heavy atom. The molecule has 0 saturated carbocycles. The molecule has 0 fully saturated rings. The number of carbonyl (C=O) groups excluding carboxylic acids is 1. The first-order chi connectivity index (χ1) is 10.1. The van der Waals surface area contributed by atoms with Crippen LogP contribution in [0.15, 0.2) is 40.9 Å². The predicted molar refractivity (Wildman–Crippen MR) is 83.8 cm³/mol. The van der Waals surface area contributed by atoms with Crippen LogP contribution in [-0.2, 0) is 11.2 Å². The summed E-state index contributed by atoms with van der Waals surface area (Å²) < 4.78 is 14.9. The highest BCUT2D eigenvalue weighted by atomic mass is 79.9. The Morgan fingerprint density at radius 3 is 2.86 bits per heavy atom. The summed E-state index contributed by atoms with van der Waals surface area (Å²) in [7, 11) is 1.79. The van der Waals surface area contributed by atoms with Crippen LogP contribution in [0.25, 0.3) is 0 Å². The molecule has 0 saturated heterocycles. The molecule has 1 amide bonds. The number of benzene rings is 2. The summed E-state index contributed by atoms with van der Waals surface area (Å²) in [6.07, 6.45) is 0.376. The van der Waals surface area contributed by atoms with Crippen LogP contribution < -0.4 is 10.6 Å². The van der Waals surface area contributed by atoms with Crippen molar-refractivity contribution in [2.24, 2.45) is 0 Å². The van der Waals surface area contributed by atoms with E-state index in [1.807, 2.05) is 18.2 Å². The molecule has 3 nitrogen and oxygen atoms in total. The Labute approximate surface area is 130 Å². The lowest BCUT2D eigenvalue weighted by Crippen LogP contribution is -2.19. The molecule has 2 aromatic carbocycles. The van der Waals surface area contributed by atoms with Gasteiger partial charge in [0.2, 0.25) is 5.91 Å². The monoisotopic (exact) mass is 348 g/mol. The van der Waals surface area contributed by atoms with Gasteiger partial charge in [-0.05, 0) is 42.4 Å². The van der Waals surface area contributed by atoms with E-state index in [1.54, 1.807) is 19.2 Å². The molecule has 0 radical (unpaired) electrons. The lowest BCUT2D eigenvalue weighted by molar-refractivity contribution is -0.115. The summed E-state index contributed by atoms with van der Waals surface area (Å²) in [6.45, 7) is 0. The van der Waals surface area contributed by atoms with Gasteiger partial charge in [0.25, 0.3) is 0 Å². The predicted octanol–water partition coefficient (Wildman–Crippen LogP) is 3.39. The van der Waals surface area contributed by atoms with Crippen LogP contribution in [0.2, 0.25) is 0 Å². The Morgan fingerprint density at radius 1 is 1.29 bits per heavy atom. The Balaban J connectivity index is 2.03. The molecule has 2 aromatic rings. The molecule has 0 spiro atoms. The van der Waals surface area contributed by atoms with Crippen molar-refractivity contribution in [2.75, 3.05) is 12.4 Å². The number of hydrogen-bond donors (Lipinski definition) is 2. The highest BCUT2D eigenvalue weighted by Gasteiger charge is 2.21. The molecule has 5 heteroatoms. The first-order valence-electron chi connectivity index (χ1n) is 6.63. The van der Waals surface area contributed by atoms with Gasteiger partial charge >= 0.3 is 0 Å². The summed E-state index contributed by atoms with van der Waals surface area (Å²) in [5.41, 5.74) is 3.30. The number of rotatable bonds is 3. The normalized spacial score (nSPS) is 14.7. The number of anilines is 1. The number of hydrogen-bond acceptors (Lipinski definition) is 2. The van der Waals surface area contributed by atoms with E-state index in [1.165, 1.54) is 6.07 Å². The molecular weight excluding hydrogens is 335 g/mol. The third kappa shape index (κ3) is 2.71. The van der Waals surface area contributed by atoms with E-state index < -0.39 is 0 Å². The van der Waals surface area contributed by atoms with Crippen molar-refractivity contribution in [3.05, 3.63) is 63.4 Å². The number of carbonyl (C=O) groups is 1. The van der Waals surface area contributed by atoms with Crippen molar-refractivity contribution >= 4 is 27.5 Å². The summed E-state index contributed by atoms with van der Waals surface area (Å²) >= 11 is 3.37. The second-order valence-electron chi connectivity index (χ2n) is 5.03. The highest BCUT2D eigenvalue weighted by Crippen LogP contribution is 2.31. The summed E-state index contributed by atoms with van der Waals surface area (Å²) in [6, 6.07) is 10.4. The molecule has 0 aromatic heterocycles. The smallest absolute Gasteiger partial charge is 0.228 e. The number of fused-ring (bicyclic) bond motifs is 1. The molecule has 1 atom stereocenters. The Bertz CT molecular complexity index is 717. The van der Waals surface area contributed by atoms with Crippen LogP contribution in [0.1, 0.15) is 22.7 Å². The van der Waals surface area contributed by atoms with E-state index in [4.69, 9.17) is 0 Å². The maximum Gasteiger partial charge on any atom is 0.228 e. The minimum atomic E-state index is -0.261. The van der Waals surface area contributed by atoms with E-state index in [2.05, 4.69) is 26.6 Å². The van der Waals surface area contributed by atoms with Crippen LogP contribution in [0.3, 0.4) is 0 Å². The second-order valence-corrected chi connectivity index (χ2v) is 5.94. The van der Waals surface area contributed by atoms with Gasteiger partial charge in [0.05, 0.1) is 12.5 Å². The van der Waals surface area contributed by atoms with Crippen molar-refractivity contribution in [2.45, 2.75) is 12.5 Å². The van der Waals surface area contributed by atoms with E-state index >= 15 is 0 Å².